The van der Waals surface area contributed by atoms with Crippen molar-refractivity contribution in [1.29, 1.82) is 0 Å². The molecule has 0 bridgehead atoms. The van der Waals surface area contributed by atoms with Gasteiger partial charge in [-0.25, -0.2) is 9.11 Å². The minimum Gasteiger partial charge on any atom is -0.268 e. The van der Waals surface area contributed by atoms with E-state index in [4.69, 9.17) is 0 Å². The molecule has 0 saturated heterocycles. The van der Waals surface area contributed by atoms with Gasteiger partial charge in [0, 0.05) is 13.1 Å². The first-order chi connectivity index (χ1) is 8.25. The van der Waals surface area contributed by atoms with Crippen LogP contribution < -0.4 is 4.72 Å². The van der Waals surface area contributed by atoms with Crippen LogP contribution in [0.3, 0.4) is 0 Å². The Morgan fingerprint density at radius 3 is 2.39 bits per heavy atom. The molecule has 1 amide bonds. The third-order valence-corrected chi connectivity index (χ3v) is 4.07. The van der Waals surface area contributed by atoms with Gasteiger partial charge in [0.05, 0.1) is 5.56 Å². The number of hydrogen-bond donors (Lipinski definition) is 1. The molecule has 7 heteroatoms. The molecule has 0 aliphatic heterocycles. The third-order valence-electron chi connectivity index (χ3n) is 2.45. The highest BCUT2D eigenvalue weighted by atomic mass is 32.2. The second-order valence-electron chi connectivity index (χ2n) is 4.03. The van der Waals surface area contributed by atoms with E-state index in [2.05, 4.69) is 0 Å². The van der Waals surface area contributed by atoms with E-state index in [1.807, 2.05) is 4.72 Å². The summed E-state index contributed by atoms with van der Waals surface area (Å²) >= 11 is 0. The predicted molar refractivity (Wildman–Crippen MR) is 65.7 cm³/mol. The normalized spacial score (nSPS) is 11.9. The van der Waals surface area contributed by atoms with Gasteiger partial charge in [-0.2, -0.15) is 12.7 Å². The maximum Gasteiger partial charge on any atom is 0.304 e. The van der Waals surface area contributed by atoms with Gasteiger partial charge in [0.2, 0.25) is 0 Å². The predicted octanol–water partition coefficient (Wildman–Crippen LogP) is 1.14. The fourth-order valence-corrected chi connectivity index (χ4v) is 2.21. The van der Waals surface area contributed by atoms with Gasteiger partial charge < -0.3 is 0 Å². The molecule has 0 saturated carbocycles. The van der Waals surface area contributed by atoms with Crippen molar-refractivity contribution >= 4 is 16.1 Å². The number of rotatable bonds is 4. The van der Waals surface area contributed by atoms with Crippen LogP contribution >= 0.6 is 0 Å². The molecule has 100 valence electrons. The summed E-state index contributed by atoms with van der Waals surface area (Å²) in [5.74, 6) is -1.75. The lowest BCUT2D eigenvalue weighted by molar-refractivity contribution is 0.0975. The smallest absolute Gasteiger partial charge is 0.268 e. The summed E-state index contributed by atoms with van der Waals surface area (Å²) in [6.45, 7) is 3.32. The Morgan fingerprint density at radius 1 is 1.33 bits per heavy atom. The zero-order chi connectivity index (χ0) is 13.9. The van der Waals surface area contributed by atoms with Gasteiger partial charge in [0.25, 0.3) is 5.91 Å². The van der Waals surface area contributed by atoms with Crippen LogP contribution in [0, 0.1) is 5.82 Å². The summed E-state index contributed by atoms with van der Waals surface area (Å²) in [4.78, 5) is 11.7. The molecule has 1 N–H and O–H groups in total. The zero-order valence-corrected chi connectivity index (χ0v) is 11.2. The van der Waals surface area contributed by atoms with Crippen molar-refractivity contribution in [2.24, 2.45) is 0 Å². The maximum atomic E-state index is 13.3. The van der Waals surface area contributed by atoms with E-state index in [-0.39, 0.29) is 11.6 Å². The van der Waals surface area contributed by atoms with Crippen LogP contribution in [0.1, 0.15) is 24.2 Å². The topological polar surface area (TPSA) is 66.5 Å². The molecule has 0 unspecified atom stereocenters. The number of carbonyl (C=O) groups is 1. The molecule has 0 aromatic heterocycles. The Morgan fingerprint density at radius 2 is 1.89 bits per heavy atom. The Kier molecular flexibility index (Phi) is 4.42. The molecule has 0 heterocycles. The average Bonchev–Trinajstić information content (AvgIpc) is 2.27. The SMILES string of the molecule is CC(C)N(C)S(=O)(=O)NC(=O)c1ccccc1F. The Bertz CT molecular complexity index is 543. The molecular weight excluding hydrogens is 259 g/mol. The fraction of sp³-hybridized carbons (Fsp3) is 0.364. The van der Waals surface area contributed by atoms with Crippen LogP contribution in [-0.4, -0.2) is 31.7 Å². The van der Waals surface area contributed by atoms with Gasteiger partial charge in [-0.3, -0.25) is 4.79 Å². The first kappa shape index (κ1) is 14.6. The molecule has 5 nitrogen and oxygen atoms in total. The van der Waals surface area contributed by atoms with E-state index >= 15 is 0 Å². The second-order valence-corrected chi connectivity index (χ2v) is 5.76. The monoisotopic (exact) mass is 274 g/mol. The van der Waals surface area contributed by atoms with Crippen LogP contribution in [0.4, 0.5) is 4.39 Å². The molecule has 0 spiro atoms. The summed E-state index contributed by atoms with van der Waals surface area (Å²) in [5.41, 5.74) is -0.307. The minimum atomic E-state index is -3.96. The quantitative estimate of drug-likeness (QED) is 0.895. The maximum absolute atomic E-state index is 13.3. The summed E-state index contributed by atoms with van der Waals surface area (Å²) in [6.07, 6.45) is 0. The van der Waals surface area contributed by atoms with Crippen molar-refractivity contribution in [3.8, 4) is 0 Å². The van der Waals surface area contributed by atoms with E-state index in [1.165, 1.54) is 25.2 Å². The minimum absolute atomic E-state index is 0.307. The number of nitrogens with zero attached hydrogens (tertiary/aromatic N) is 1. The highest BCUT2D eigenvalue weighted by Crippen LogP contribution is 2.08. The molecule has 1 aromatic carbocycles. The lowest BCUT2D eigenvalue weighted by Gasteiger charge is -2.20. The Hall–Kier alpha value is -1.47. The van der Waals surface area contributed by atoms with Crippen LogP contribution in [0.5, 0.6) is 0 Å². The van der Waals surface area contributed by atoms with E-state index in [1.54, 1.807) is 13.8 Å². The van der Waals surface area contributed by atoms with E-state index < -0.39 is 21.9 Å². The van der Waals surface area contributed by atoms with Crippen molar-refractivity contribution in [1.82, 2.24) is 9.03 Å². The largest absolute Gasteiger partial charge is 0.304 e. The highest BCUT2D eigenvalue weighted by Gasteiger charge is 2.24. The number of amides is 1. The van der Waals surface area contributed by atoms with Gasteiger partial charge in [-0.1, -0.05) is 12.1 Å². The molecule has 0 aliphatic carbocycles. The van der Waals surface area contributed by atoms with Gasteiger partial charge in [0.1, 0.15) is 5.82 Å². The standard InChI is InChI=1S/C11H15FN2O3S/c1-8(2)14(3)18(16,17)13-11(15)9-6-4-5-7-10(9)12/h4-8H,1-3H3,(H,13,15). The first-order valence-electron chi connectivity index (χ1n) is 5.30. The first-order valence-corrected chi connectivity index (χ1v) is 6.74. The highest BCUT2D eigenvalue weighted by molar-refractivity contribution is 7.87. The number of benzene rings is 1. The van der Waals surface area contributed by atoms with E-state index in [0.29, 0.717) is 0 Å². The molecule has 0 aliphatic rings. The van der Waals surface area contributed by atoms with Gasteiger partial charge in [0.15, 0.2) is 0 Å². The number of halogens is 1. The van der Waals surface area contributed by atoms with Crippen molar-refractivity contribution in [2.45, 2.75) is 19.9 Å². The van der Waals surface area contributed by atoms with Crippen molar-refractivity contribution in [2.75, 3.05) is 7.05 Å². The van der Waals surface area contributed by atoms with Crippen LogP contribution in [0.25, 0.3) is 0 Å². The van der Waals surface area contributed by atoms with Crippen molar-refractivity contribution < 1.29 is 17.6 Å². The number of hydrogen-bond acceptors (Lipinski definition) is 3. The van der Waals surface area contributed by atoms with Crippen molar-refractivity contribution in [3.05, 3.63) is 35.6 Å². The molecule has 0 radical (unpaired) electrons. The van der Waals surface area contributed by atoms with Crippen LogP contribution in [0.2, 0.25) is 0 Å². The molecule has 0 fully saturated rings. The molecule has 1 rings (SSSR count). The second kappa shape index (κ2) is 5.45. The van der Waals surface area contributed by atoms with E-state index in [9.17, 15) is 17.6 Å². The molecule has 0 atom stereocenters. The van der Waals surface area contributed by atoms with Gasteiger partial charge in [-0.05, 0) is 26.0 Å². The third kappa shape index (κ3) is 3.27. The van der Waals surface area contributed by atoms with Gasteiger partial charge in [-0.15, -0.1) is 0 Å². The van der Waals surface area contributed by atoms with Gasteiger partial charge >= 0.3 is 10.2 Å². The lowest BCUT2D eigenvalue weighted by atomic mass is 10.2. The fourth-order valence-electron chi connectivity index (χ4n) is 1.17. The molecule has 1 aromatic rings. The molecule has 18 heavy (non-hydrogen) atoms. The summed E-state index contributed by atoms with van der Waals surface area (Å²) < 4.78 is 39.6. The average molecular weight is 274 g/mol. The Balaban J connectivity index is 2.93. The number of carbonyl (C=O) groups excluding carboxylic acids is 1. The molecular formula is C11H15FN2O3S. The Labute approximate surface area is 106 Å². The summed E-state index contributed by atoms with van der Waals surface area (Å²) in [7, 11) is -2.62. The number of nitrogens with one attached hydrogen (secondary N) is 1. The summed E-state index contributed by atoms with van der Waals surface area (Å²) in [6, 6.07) is 4.87. The van der Waals surface area contributed by atoms with Crippen LogP contribution in [0.15, 0.2) is 24.3 Å². The van der Waals surface area contributed by atoms with Crippen molar-refractivity contribution in [3.63, 3.8) is 0 Å². The zero-order valence-electron chi connectivity index (χ0n) is 10.3. The van der Waals surface area contributed by atoms with Crippen LogP contribution in [-0.2, 0) is 10.2 Å². The summed E-state index contributed by atoms with van der Waals surface area (Å²) in [5, 5.41) is 0. The lowest BCUT2D eigenvalue weighted by Crippen LogP contribution is -2.44. The van der Waals surface area contributed by atoms with E-state index in [0.717, 1.165) is 10.4 Å².